The summed E-state index contributed by atoms with van der Waals surface area (Å²) in [7, 11) is 0. The van der Waals surface area contributed by atoms with E-state index in [-0.39, 0.29) is 17.1 Å². The van der Waals surface area contributed by atoms with Crippen LogP contribution in [0.25, 0.3) is 0 Å². The van der Waals surface area contributed by atoms with Crippen LogP contribution in [0.15, 0.2) is 18.3 Å². The van der Waals surface area contributed by atoms with Gasteiger partial charge in [-0.3, -0.25) is 4.90 Å². The van der Waals surface area contributed by atoms with Gasteiger partial charge in [0, 0.05) is 37.4 Å². The fraction of sp³-hybridized carbons (Fsp3) is 0.615. The molecule has 0 radical (unpaired) electrons. The lowest BCUT2D eigenvalue weighted by atomic mass is 9.97. The van der Waals surface area contributed by atoms with Crippen LogP contribution in [0.2, 0.25) is 0 Å². The third-order valence-electron chi connectivity index (χ3n) is 6.51. The molecule has 0 bridgehead atoms. The summed E-state index contributed by atoms with van der Waals surface area (Å²) in [5.41, 5.74) is 2.19. The summed E-state index contributed by atoms with van der Waals surface area (Å²) >= 11 is 0. The zero-order chi connectivity index (χ0) is 24.5. The predicted octanol–water partition coefficient (Wildman–Crippen LogP) is 4.99. The van der Waals surface area contributed by atoms with Gasteiger partial charge in [-0.05, 0) is 72.1 Å². The molecule has 0 spiro atoms. The van der Waals surface area contributed by atoms with Gasteiger partial charge in [-0.1, -0.05) is 0 Å². The maximum atomic E-state index is 14.5. The highest BCUT2D eigenvalue weighted by molar-refractivity contribution is 5.41. The second-order valence-corrected chi connectivity index (χ2v) is 10.0. The number of anilines is 1. The molecule has 1 aromatic heterocycles. The first-order valence-electron chi connectivity index (χ1n) is 12.3. The molecule has 0 saturated carbocycles. The van der Waals surface area contributed by atoms with E-state index in [1.807, 2.05) is 20.0 Å². The van der Waals surface area contributed by atoms with Crippen molar-refractivity contribution in [2.75, 3.05) is 31.6 Å². The molecule has 186 valence electrons. The Hall–Kier alpha value is -2.45. The van der Waals surface area contributed by atoms with Gasteiger partial charge in [0.15, 0.2) is 11.5 Å². The molecule has 8 heteroatoms. The average Bonchev–Trinajstić information content (AvgIpc) is 2.96. The van der Waals surface area contributed by atoms with E-state index in [1.165, 1.54) is 0 Å². The van der Waals surface area contributed by atoms with Crippen molar-refractivity contribution in [2.24, 2.45) is 0 Å². The number of halogens is 1. The first-order chi connectivity index (χ1) is 16.1. The van der Waals surface area contributed by atoms with Crippen molar-refractivity contribution in [2.45, 2.75) is 78.2 Å². The van der Waals surface area contributed by atoms with Crippen molar-refractivity contribution >= 4 is 5.95 Å². The minimum Gasteiger partial charge on any atom is -0.491 e. The Balaban J connectivity index is 1.37. The number of rotatable bonds is 8. The zero-order valence-corrected chi connectivity index (χ0v) is 21.2. The van der Waals surface area contributed by atoms with Gasteiger partial charge >= 0.3 is 0 Å². The SMILES string of the molecule is CCOc1cc(CN2CCC(Nc3ncc4c(n3)C(C)(C)OC4(C)C)CC2)cc(OCC)c1F. The largest absolute Gasteiger partial charge is 0.491 e. The lowest BCUT2D eigenvalue weighted by molar-refractivity contribution is -0.106. The molecule has 0 amide bonds. The molecule has 0 unspecified atom stereocenters. The number of likely N-dealkylation sites (tertiary alicyclic amines) is 1. The van der Waals surface area contributed by atoms with Crippen LogP contribution in [0.1, 0.15) is 71.2 Å². The topological polar surface area (TPSA) is 68.7 Å². The van der Waals surface area contributed by atoms with Gasteiger partial charge in [0.2, 0.25) is 11.8 Å². The zero-order valence-electron chi connectivity index (χ0n) is 21.2. The smallest absolute Gasteiger partial charge is 0.223 e. The Morgan fingerprint density at radius 3 is 2.26 bits per heavy atom. The summed E-state index contributed by atoms with van der Waals surface area (Å²) in [4.78, 5) is 11.8. The Labute approximate surface area is 202 Å². The number of fused-ring (bicyclic) bond motifs is 1. The summed E-state index contributed by atoms with van der Waals surface area (Å²) in [6.45, 7) is 15.3. The molecule has 3 heterocycles. The predicted molar refractivity (Wildman–Crippen MR) is 130 cm³/mol. The van der Waals surface area contributed by atoms with Crippen LogP contribution < -0.4 is 14.8 Å². The Morgan fingerprint density at radius 2 is 1.68 bits per heavy atom. The van der Waals surface area contributed by atoms with Crippen LogP contribution in [0.4, 0.5) is 10.3 Å². The summed E-state index contributed by atoms with van der Waals surface area (Å²) in [6.07, 6.45) is 3.85. The highest BCUT2D eigenvalue weighted by Crippen LogP contribution is 2.45. The van der Waals surface area contributed by atoms with Crippen LogP contribution >= 0.6 is 0 Å². The molecule has 4 rings (SSSR count). The third-order valence-corrected chi connectivity index (χ3v) is 6.51. The fourth-order valence-corrected chi connectivity index (χ4v) is 5.01. The van der Waals surface area contributed by atoms with Gasteiger partial charge in [-0.25, -0.2) is 9.97 Å². The highest BCUT2D eigenvalue weighted by Gasteiger charge is 2.45. The second-order valence-electron chi connectivity index (χ2n) is 10.0. The van der Waals surface area contributed by atoms with Gasteiger partial charge in [0.1, 0.15) is 5.60 Å². The fourth-order valence-electron chi connectivity index (χ4n) is 5.01. The molecule has 7 nitrogen and oxygen atoms in total. The summed E-state index contributed by atoms with van der Waals surface area (Å²) in [5, 5.41) is 3.53. The molecule has 1 N–H and O–H groups in total. The maximum absolute atomic E-state index is 14.5. The van der Waals surface area contributed by atoms with Crippen LogP contribution in [0.3, 0.4) is 0 Å². The number of nitrogens with zero attached hydrogens (tertiary/aromatic N) is 3. The lowest BCUT2D eigenvalue weighted by Gasteiger charge is -2.32. The van der Waals surface area contributed by atoms with Gasteiger partial charge < -0.3 is 19.5 Å². The Morgan fingerprint density at radius 1 is 1.06 bits per heavy atom. The number of hydrogen-bond donors (Lipinski definition) is 1. The van der Waals surface area contributed by atoms with E-state index in [9.17, 15) is 4.39 Å². The van der Waals surface area contributed by atoms with E-state index in [4.69, 9.17) is 19.2 Å². The molecule has 2 aliphatic heterocycles. The molecule has 2 aromatic rings. The van der Waals surface area contributed by atoms with Crippen molar-refractivity contribution in [3.63, 3.8) is 0 Å². The molecule has 1 aromatic carbocycles. The van der Waals surface area contributed by atoms with E-state index >= 15 is 0 Å². The van der Waals surface area contributed by atoms with Crippen molar-refractivity contribution < 1.29 is 18.6 Å². The first-order valence-corrected chi connectivity index (χ1v) is 12.3. The van der Waals surface area contributed by atoms with Gasteiger partial charge in [0.05, 0.1) is 24.5 Å². The van der Waals surface area contributed by atoms with E-state index in [1.54, 1.807) is 12.1 Å². The van der Waals surface area contributed by atoms with Crippen LogP contribution in [0.5, 0.6) is 11.5 Å². The lowest BCUT2D eigenvalue weighted by Crippen LogP contribution is -2.39. The first kappa shape index (κ1) is 24.7. The average molecular weight is 473 g/mol. The second kappa shape index (κ2) is 9.66. The minimum absolute atomic E-state index is 0.254. The molecular weight excluding hydrogens is 435 g/mol. The number of benzene rings is 1. The number of nitrogens with one attached hydrogen (secondary N) is 1. The molecule has 1 saturated heterocycles. The molecule has 0 aliphatic carbocycles. The van der Waals surface area contributed by atoms with Crippen LogP contribution in [-0.4, -0.2) is 47.2 Å². The standard InChI is InChI=1S/C26H37FN4O3/c1-7-32-20-13-17(14-21(22(20)27)33-8-2)16-31-11-9-18(10-12-31)29-24-28-15-19-23(30-24)26(5,6)34-25(19,3)4/h13-15,18H,7-12,16H2,1-6H3,(H,28,29,30). The van der Waals surface area contributed by atoms with E-state index in [0.717, 1.165) is 49.3 Å². The molecular formula is C26H37FN4O3. The molecule has 1 fully saturated rings. The van der Waals surface area contributed by atoms with Crippen LogP contribution in [0, 0.1) is 5.82 Å². The van der Waals surface area contributed by atoms with Crippen molar-refractivity contribution in [1.82, 2.24) is 14.9 Å². The quantitative estimate of drug-likeness (QED) is 0.580. The van der Waals surface area contributed by atoms with E-state index in [0.29, 0.717) is 25.2 Å². The van der Waals surface area contributed by atoms with Gasteiger partial charge in [-0.15, -0.1) is 0 Å². The van der Waals surface area contributed by atoms with E-state index in [2.05, 4.69) is 42.9 Å². The number of hydrogen-bond acceptors (Lipinski definition) is 7. The van der Waals surface area contributed by atoms with Gasteiger partial charge in [0.25, 0.3) is 0 Å². The number of aromatic nitrogens is 2. The molecule has 0 atom stereocenters. The van der Waals surface area contributed by atoms with Crippen LogP contribution in [-0.2, 0) is 22.5 Å². The number of piperidine rings is 1. The van der Waals surface area contributed by atoms with Crippen molar-refractivity contribution in [3.05, 3.63) is 41.0 Å². The molecule has 34 heavy (non-hydrogen) atoms. The number of ether oxygens (including phenoxy) is 3. The monoisotopic (exact) mass is 472 g/mol. The third kappa shape index (κ3) is 5.13. The summed E-state index contributed by atoms with van der Waals surface area (Å²) < 4.78 is 31.7. The molecule has 2 aliphatic rings. The summed E-state index contributed by atoms with van der Waals surface area (Å²) in [6, 6.07) is 3.88. The highest BCUT2D eigenvalue weighted by atomic mass is 19.1. The van der Waals surface area contributed by atoms with Crippen molar-refractivity contribution in [3.8, 4) is 11.5 Å². The Kier molecular flexibility index (Phi) is 7.01. The normalized spacial score (nSPS) is 19.6. The Bertz CT molecular complexity index is 992. The van der Waals surface area contributed by atoms with Crippen molar-refractivity contribution in [1.29, 1.82) is 0 Å². The van der Waals surface area contributed by atoms with E-state index < -0.39 is 11.4 Å². The summed E-state index contributed by atoms with van der Waals surface area (Å²) in [5.74, 6) is 0.738. The van der Waals surface area contributed by atoms with Gasteiger partial charge in [-0.2, -0.15) is 4.39 Å². The minimum atomic E-state index is -0.433. The maximum Gasteiger partial charge on any atom is 0.223 e.